The number of thiophene rings is 1. The van der Waals surface area contributed by atoms with Crippen molar-refractivity contribution in [2.45, 2.75) is 66.1 Å². The van der Waals surface area contributed by atoms with Gasteiger partial charge in [0.05, 0.1) is 30.5 Å². The van der Waals surface area contributed by atoms with E-state index in [9.17, 15) is 0 Å². The predicted molar refractivity (Wildman–Crippen MR) is 254 cm³/mol. The Kier molecular flexibility index (Phi) is 11.3. The second kappa shape index (κ2) is 16.4. The average Bonchev–Trinajstić information content (AvgIpc) is 3.91. The van der Waals surface area contributed by atoms with Crippen LogP contribution in [0.15, 0.2) is 138 Å². The molecule has 1 radical (unpaired) electrons. The van der Waals surface area contributed by atoms with Gasteiger partial charge in [0.15, 0.2) is 0 Å². The molecule has 10 rings (SSSR count). The summed E-state index contributed by atoms with van der Waals surface area (Å²) in [6.07, 6.45) is 3.25. The molecular weight excluding hydrogens is 947 g/mol. The fourth-order valence-electron chi connectivity index (χ4n) is 8.14. The first-order chi connectivity index (χ1) is 28.3. The summed E-state index contributed by atoms with van der Waals surface area (Å²) in [6.45, 7) is 18.5. The molecular formula is C53H49IrN3OSSi-2. The van der Waals surface area contributed by atoms with Crippen molar-refractivity contribution in [1.82, 2.24) is 14.5 Å². The third kappa shape index (κ3) is 7.92. The van der Waals surface area contributed by atoms with Gasteiger partial charge in [-0.3, -0.25) is 4.98 Å². The summed E-state index contributed by atoms with van der Waals surface area (Å²) < 4.78 is 11.2. The Labute approximate surface area is 371 Å². The number of hydrogen-bond donors (Lipinski definition) is 0. The zero-order valence-electron chi connectivity index (χ0n) is 35.5. The first-order valence-corrected chi connectivity index (χ1v) is 24.9. The van der Waals surface area contributed by atoms with Crippen LogP contribution in [-0.4, -0.2) is 22.6 Å². The Morgan fingerprint density at radius 1 is 0.767 bits per heavy atom. The number of rotatable bonds is 6. The van der Waals surface area contributed by atoms with Crippen molar-refractivity contribution in [2.75, 3.05) is 0 Å². The molecule has 0 aliphatic carbocycles. The number of benzene rings is 6. The fourth-order valence-corrected chi connectivity index (χ4v) is 10.8. The van der Waals surface area contributed by atoms with Crippen molar-refractivity contribution in [3.05, 3.63) is 157 Å². The maximum atomic E-state index is 6.36. The number of nitrogens with zero attached hydrogens (tertiary/aromatic N) is 3. The summed E-state index contributed by atoms with van der Waals surface area (Å²) in [5.41, 5.74) is 10.7. The molecule has 0 fully saturated rings. The van der Waals surface area contributed by atoms with Crippen LogP contribution in [0.4, 0.5) is 0 Å². The summed E-state index contributed by atoms with van der Waals surface area (Å²) >= 11 is 1.83. The second-order valence-corrected chi connectivity index (χ2v) is 24.2. The standard InChI is InChI=1S/C31H17N2OS.C22H32NSi.Ir/c1-5-14-27-20(8-1)22-10-7-11-23(30(22)34-27)31-32-25-12-3-4-13-26(25)33(31)19-16-17-29-24(18-19)21-9-2-6-15-28(21)35-29;1-16(2)13-18-14-20(23-15-21(18)24(6,7)8)17-9-11-19(12-10-17)22(3,4)5;/h1-10,12-18H;9,11-12,14-16H,13H2,1-8H3;/q2*-1;. The minimum atomic E-state index is -1.38. The maximum absolute atomic E-state index is 6.36. The van der Waals surface area contributed by atoms with Crippen LogP contribution in [0.3, 0.4) is 0 Å². The van der Waals surface area contributed by atoms with Crippen molar-refractivity contribution in [2.24, 2.45) is 5.92 Å². The van der Waals surface area contributed by atoms with Crippen LogP contribution >= 0.6 is 11.3 Å². The smallest absolute Gasteiger partial charge is 0.120 e. The zero-order valence-corrected chi connectivity index (χ0v) is 39.7. The number of fused-ring (bicyclic) bond motifs is 7. The molecule has 0 atom stereocenters. The van der Waals surface area contributed by atoms with Gasteiger partial charge in [0.2, 0.25) is 0 Å². The monoisotopic (exact) mass is 996 g/mol. The number of para-hydroxylation sites is 3. The Balaban J connectivity index is 0.000000177. The molecule has 0 amide bonds. The number of aromatic nitrogens is 3. The van der Waals surface area contributed by atoms with E-state index in [1.165, 1.54) is 36.5 Å². The first kappa shape index (κ1) is 41.6. The maximum Gasteiger partial charge on any atom is 0.120 e. The fraction of sp³-hybridized carbons (Fsp3) is 0.208. The second-order valence-electron chi connectivity index (χ2n) is 18.0. The molecule has 10 aromatic rings. The molecule has 0 aliphatic heterocycles. The van der Waals surface area contributed by atoms with Gasteiger partial charge in [0, 0.05) is 57.5 Å². The molecule has 4 nitrogen and oxygen atoms in total. The van der Waals surface area contributed by atoms with Crippen LogP contribution in [0.1, 0.15) is 45.7 Å². The van der Waals surface area contributed by atoms with E-state index >= 15 is 0 Å². The summed E-state index contributed by atoms with van der Waals surface area (Å²) in [5, 5.41) is 6.22. The number of pyridine rings is 1. The van der Waals surface area contributed by atoms with Crippen molar-refractivity contribution in [3.63, 3.8) is 0 Å². The largest absolute Gasteiger partial charge is 0.501 e. The molecule has 303 valence electrons. The molecule has 7 heteroatoms. The van der Waals surface area contributed by atoms with E-state index in [0.29, 0.717) is 5.92 Å². The van der Waals surface area contributed by atoms with Gasteiger partial charge in [-0.05, 0) is 71.1 Å². The average molecular weight is 996 g/mol. The number of furan rings is 1. The Hall–Kier alpha value is -5.17. The van der Waals surface area contributed by atoms with E-state index in [1.807, 2.05) is 41.7 Å². The Morgan fingerprint density at radius 2 is 1.50 bits per heavy atom. The van der Waals surface area contributed by atoms with Crippen molar-refractivity contribution < 1.29 is 24.5 Å². The summed E-state index contributed by atoms with van der Waals surface area (Å²) in [4.78, 5) is 9.86. The number of hydrogen-bond acceptors (Lipinski definition) is 4. The van der Waals surface area contributed by atoms with Crippen LogP contribution in [0, 0.1) is 18.1 Å². The van der Waals surface area contributed by atoms with E-state index in [1.54, 1.807) is 0 Å². The van der Waals surface area contributed by atoms with Crippen LogP contribution in [0.5, 0.6) is 0 Å². The summed E-state index contributed by atoms with van der Waals surface area (Å²) in [7, 11) is -1.38. The molecule has 0 unspecified atom stereocenters. The van der Waals surface area contributed by atoms with Gasteiger partial charge in [0.25, 0.3) is 0 Å². The van der Waals surface area contributed by atoms with Crippen molar-refractivity contribution >= 4 is 77.7 Å². The van der Waals surface area contributed by atoms with Gasteiger partial charge < -0.3 is 14.0 Å². The molecule has 0 saturated heterocycles. The Bertz CT molecular complexity index is 3140. The predicted octanol–water partition coefficient (Wildman–Crippen LogP) is 14.3. The molecule has 6 aromatic carbocycles. The van der Waals surface area contributed by atoms with E-state index in [0.717, 1.165) is 67.7 Å². The first-order valence-electron chi connectivity index (χ1n) is 20.6. The van der Waals surface area contributed by atoms with E-state index in [-0.39, 0.29) is 25.5 Å². The van der Waals surface area contributed by atoms with Crippen LogP contribution < -0.4 is 5.19 Å². The molecule has 4 heterocycles. The normalized spacial score (nSPS) is 12.1. The van der Waals surface area contributed by atoms with Crippen molar-refractivity contribution in [3.8, 4) is 28.3 Å². The van der Waals surface area contributed by atoms with Crippen LogP contribution in [0.2, 0.25) is 19.6 Å². The molecule has 0 aliphatic rings. The molecule has 0 spiro atoms. The molecule has 60 heavy (non-hydrogen) atoms. The molecule has 4 aromatic heterocycles. The molecule has 0 saturated carbocycles. The van der Waals surface area contributed by atoms with E-state index in [4.69, 9.17) is 14.4 Å². The van der Waals surface area contributed by atoms with Crippen LogP contribution in [-0.2, 0) is 31.9 Å². The van der Waals surface area contributed by atoms with Gasteiger partial charge >= 0.3 is 0 Å². The van der Waals surface area contributed by atoms with E-state index in [2.05, 4.69) is 174 Å². The molecule has 0 bridgehead atoms. The van der Waals surface area contributed by atoms with Gasteiger partial charge in [0.1, 0.15) is 5.58 Å². The minimum Gasteiger partial charge on any atom is -0.501 e. The SMILES string of the molecule is CC(C)Cc1cc(-c2[c-]cc(C(C)(C)C)cc2)ncc1[Si](C)(C)C.[Ir].[c-]1ccc2c(oc3ccccc32)c1-c1nc2ccccc2n1-c1ccc2sc3ccccc3c2c1. The third-order valence-corrected chi connectivity index (χ3v) is 14.3. The quantitative estimate of drug-likeness (QED) is 0.123. The van der Waals surface area contributed by atoms with E-state index < -0.39 is 8.07 Å². The van der Waals surface area contributed by atoms with Crippen molar-refractivity contribution in [1.29, 1.82) is 0 Å². The van der Waals surface area contributed by atoms with Gasteiger partial charge in [-0.2, -0.15) is 0 Å². The van der Waals surface area contributed by atoms with Gasteiger partial charge in [-0.1, -0.05) is 125 Å². The minimum absolute atomic E-state index is 0. The van der Waals surface area contributed by atoms with Crippen LogP contribution in [0.25, 0.3) is 81.5 Å². The summed E-state index contributed by atoms with van der Waals surface area (Å²) in [5.74, 6) is 1.48. The topological polar surface area (TPSA) is 43.9 Å². The van der Waals surface area contributed by atoms with Gasteiger partial charge in [-0.25, -0.2) is 0 Å². The molecule has 0 N–H and O–H groups in total. The Morgan fingerprint density at radius 3 is 2.25 bits per heavy atom. The third-order valence-electron chi connectivity index (χ3n) is 11.1. The number of imidazole rings is 1. The van der Waals surface area contributed by atoms with Gasteiger partial charge in [-0.15, -0.1) is 64.9 Å². The summed E-state index contributed by atoms with van der Waals surface area (Å²) in [6, 6.07) is 51.5. The zero-order chi connectivity index (χ0) is 41.1.